The van der Waals surface area contributed by atoms with Crippen LogP contribution in [-0.2, 0) is 6.54 Å². The molecule has 1 aromatic heterocycles. The minimum Gasteiger partial charge on any atom is -0.335 e. The highest BCUT2D eigenvalue weighted by molar-refractivity contribution is 7.73. The maximum absolute atomic E-state index is 14.3. The molecule has 3 aromatic rings. The molecule has 0 amide bonds. The number of halogens is 1. The van der Waals surface area contributed by atoms with Crippen molar-refractivity contribution in [2.24, 2.45) is 0 Å². The molecule has 3 rings (SSSR count). The summed E-state index contributed by atoms with van der Waals surface area (Å²) >= 11 is 6.51. The van der Waals surface area contributed by atoms with Crippen LogP contribution in [0.4, 0.5) is 4.39 Å². The summed E-state index contributed by atoms with van der Waals surface area (Å²) in [5.74, 6) is -0.255. The second-order valence-electron chi connectivity index (χ2n) is 5.24. The van der Waals surface area contributed by atoms with Crippen LogP contribution in [0, 0.1) is 9.77 Å². The number of hydrogen-bond donors (Lipinski definition) is 1. The molecule has 0 radical (unpaired) electrons. The highest BCUT2D eigenvalue weighted by Gasteiger charge is 2.11. The van der Waals surface area contributed by atoms with E-state index in [0.717, 1.165) is 22.4 Å². The summed E-state index contributed by atoms with van der Waals surface area (Å²) in [6, 6.07) is 11.7. The molecule has 0 unspecified atom stereocenters. The van der Waals surface area contributed by atoms with Gasteiger partial charge in [-0.05, 0) is 55.1 Å². The van der Waals surface area contributed by atoms with E-state index in [1.165, 1.54) is 16.9 Å². The lowest BCUT2D eigenvalue weighted by Crippen LogP contribution is -2.11. The molecule has 5 heteroatoms. The first-order valence-corrected chi connectivity index (χ1v) is 7.82. The molecule has 0 aliphatic rings. The Hall–Kier alpha value is -1.56. The summed E-state index contributed by atoms with van der Waals surface area (Å²) in [4.78, 5) is 5.01. The summed E-state index contributed by atoms with van der Waals surface area (Å²) in [5, 5.41) is 0. The third-order valence-corrected chi connectivity index (χ3v) is 4.48. The van der Waals surface area contributed by atoms with E-state index in [2.05, 4.69) is 16.0 Å². The second kappa shape index (κ2) is 5.67. The topological polar surface area (TPSA) is 19.0 Å². The van der Waals surface area contributed by atoms with Crippen LogP contribution in [0.2, 0.25) is 0 Å². The highest BCUT2D eigenvalue weighted by Crippen LogP contribution is 2.31. The van der Waals surface area contributed by atoms with Gasteiger partial charge in [-0.1, -0.05) is 24.3 Å². The van der Waals surface area contributed by atoms with Gasteiger partial charge in [0, 0.05) is 6.54 Å². The van der Waals surface area contributed by atoms with Gasteiger partial charge in [0.2, 0.25) is 0 Å². The van der Waals surface area contributed by atoms with Crippen molar-refractivity contribution in [2.75, 3.05) is 14.1 Å². The lowest BCUT2D eigenvalue weighted by Gasteiger charge is -2.14. The van der Waals surface area contributed by atoms with E-state index in [4.69, 9.17) is 12.2 Å². The molecule has 0 saturated heterocycles. The summed E-state index contributed by atoms with van der Waals surface area (Å²) < 4.78 is 15.7. The molecule has 0 fully saturated rings. The van der Waals surface area contributed by atoms with Crippen LogP contribution < -0.4 is 0 Å². The zero-order chi connectivity index (χ0) is 15.0. The molecule has 0 aliphatic carbocycles. The Morgan fingerprint density at radius 3 is 2.76 bits per heavy atom. The number of fused-ring (bicyclic) bond motifs is 1. The fourth-order valence-electron chi connectivity index (χ4n) is 2.45. The zero-order valence-electron chi connectivity index (χ0n) is 11.8. The predicted octanol–water partition coefficient (Wildman–Crippen LogP) is 4.83. The van der Waals surface area contributed by atoms with Crippen molar-refractivity contribution in [1.29, 1.82) is 0 Å². The van der Waals surface area contributed by atoms with Crippen molar-refractivity contribution in [2.45, 2.75) is 6.54 Å². The molecular formula is C16H15FN2S2. The lowest BCUT2D eigenvalue weighted by atomic mass is 9.99. The van der Waals surface area contributed by atoms with Crippen LogP contribution >= 0.6 is 23.6 Å². The van der Waals surface area contributed by atoms with Crippen molar-refractivity contribution >= 4 is 33.8 Å². The van der Waals surface area contributed by atoms with E-state index in [0.29, 0.717) is 9.47 Å². The van der Waals surface area contributed by atoms with Gasteiger partial charge in [0.05, 0.1) is 10.2 Å². The van der Waals surface area contributed by atoms with Crippen LogP contribution in [0.1, 0.15) is 5.56 Å². The maximum Gasteiger partial charge on any atom is 0.159 e. The van der Waals surface area contributed by atoms with Gasteiger partial charge >= 0.3 is 0 Å². The van der Waals surface area contributed by atoms with Gasteiger partial charge in [-0.2, -0.15) is 0 Å². The highest BCUT2D eigenvalue weighted by atomic mass is 32.1. The van der Waals surface area contributed by atoms with Gasteiger partial charge in [-0.15, -0.1) is 11.3 Å². The molecule has 2 aromatic carbocycles. The first-order chi connectivity index (χ1) is 10.0. The van der Waals surface area contributed by atoms with Gasteiger partial charge in [0.25, 0.3) is 0 Å². The van der Waals surface area contributed by atoms with Crippen molar-refractivity contribution in [3.8, 4) is 11.1 Å². The molecule has 108 valence electrons. The second-order valence-corrected chi connectivity index (χ2v) is 6.96. The van der Waals surface area contributed by atoms with Gasteiger partial charge in [-0.3, -0.25) is 0 Å². The zero-order valence-corrected chi connectivity index (χ0v) is 13.4. The van der Waals surface area contributed by atoms with E-state index in [9.17, 15) is 4.39 Å². The van der Waals surface area contributed by atoms with Crippen molar-refractivity contribution in [3.63, 3.8) is 0 Å². The number of aromatic nitrogens is 1. The monoisotopic (exact) mass is 318 g/mol. The molecule has 0 spiro atoms. The quantitative estimate of drug-likeness (QED) is 0.698. The van der Waals surface area contributed by atoms with Gasteiger partial charge in [-0.25, -0.2) is 4.39 Å². The van der Waals surface area contributed by atoms with Crippen LogP contribution in [-0.4, -0.2) is 24.0 Å². The largest absolute Gasteiger partial charge is 0.335 e. The molecule has 2 nitrogen and oxygen atoms in total. The number of H-pyrrole nitrogens is 1. The molecule has 1 heterocycles. The normalized spacial score (nSPS) is 11.4. The average Bonchev–Trinajstić information content (AvgIpc) is 2.80. The van der Waals surface area contributed by atoms with Crippen molar-refractivity contribution in [1.82, 2.24) is 9.88 Å². The maximum atomic E-state index is 14.3. The average molecular weight is 318 g/mol. The Morgan fingerprint density at radius 2 is 2.00 bits per heavy atom. The van der Waals surface area contributed by atoms with Crippen LogP contribution in [0.5, 0.6) is 0 Å². The third kappa shape index (κ3) is 2.90. The van der Waals surface area contributed by atoms with Gasteiger partial charge in [0.1, 0.15) is 5.82 Å². The molecule has 0 saturated carbocycles. The minimum atomic E-state index is -0.255. The first kappa shape index (κ1) is 14.4. The Labute approximate surface area is 131 Å². The number of benzene rings is 2. The van der Waals surface area contributed by atoms with Crippen molar-refractivity contribution < 1.29 is 4.39 Å². The Bertz CT molecular complexity index is 849. The van der Waals surface area contributed by atoms with E-state index >= 15 is 0 Å². The lowest BCUT2D eigenvalue weighted by molar-refractivity contribution is 0.403. The third-order valence-electron chi connectivity index (χ3n) is 3.30. The minimum absolute atomic E-state index is 0.255. The molecular weight excluding hydrogens is 303 g/mol. The predicted molar refractivity (Wildman–Crippen MR) is 89.8 cm³/mol. The number of aromatic amines is 1. The molecule has 0 atom stereocenters. The Balaban J connectivity index is 2.18. The van der Waals surface area contributed by atoms with E-state index in [-0.39, 0.29) is 5.82 Å². The fraction of sp³-hybridized carbons (Fsp3) is 0.188. The molecule has 21 heavy (non-hydrogen) atoms. The SMILES string of the molecule is CN(C)Cc1ccccc1-c1cc(F)c2[nH]c(=S)sc2c1. The van der Waals surface area contributed by atoms with Crippen LogP contribution in [0.15, 0.2) is 36.4 Å². The number of nitrogens with zero attached hydrogens (tertiary/aromatic N) is 1. The Morgan fingerprint density at radius 1 is 1.24 bits per heavy atom. The Kier molecular flexibility index (Phi) is 3.89. The number of nitrogens with one attached hydrogen (secondary N) is 1. The van der Waals surface area contributed by atoms with Crippen LogP contribution in [0.3, 0.4) is 0 Å². The summed E-state index contributed by atoms with van der Waals surface area (Å²) in [7, 11) is 4.05. The fourth-order valence-corrected chi connectivity index (χ4v) is 3.61. The van der Waals surface area contributed by atoms with Gasteiger partial charge < -0.3 is 9.88 Å². The van der Waals surface area contributed by atoms with Crippen molar-refractivity contribution in [3.05, 3.63) is 51.7 Å². The number of hydrogen-bond acceptors (Lipinski definition) is 3. The standard InChI is InChI=1S/C16H15FN2S2/c1-19(2)9-10-5-3-4-6-12(10)11-7-13(17)15-14(8-11)21-16(20)18-15/h3-8H,9H2,1-2H3,(H,18,20). The van der Waals surface area contributed by atoms with E-state index in [1.807, 2.05) is 38.4 Å². The van der Waals surface area contributed by atoms with Gasteiger partial charge in [0.15, 0.2) is 3.95 Å². The number of rotatable bonds is 3. The smallest absolute Gasteiger partial charge is 0.159 e. The summed E-state index contributed by atoms with van der Waals surface area (Å²) in [6.45, 7) is 0.818. The van der Waals surface area contributed by atoms with E-state index in [1.54, 1.807) is 6.07 Å². The summed E-state index contributed by atoms with van der Waals surface area (Å²) in [6.07, 6.45) is 0. The molecule has 1 N–H and O–H groups in total. The molecule has 0 aliphatic heterocycles. The van der Waals surface area contributed by atoms with E-state index < -0.39 is 0 Å². The first-order valence-electron chi connectivity index (χ1n) is 6.60. The number of thiazole rings is 1. The molecule has 0 bridgehead atoms. The van der Waals surface area contributed by atoms with Crippen LogP contribution in [0.25, 0.3) is 21.3 Å². The summed E-state index contributed by atoms with van der Waals surface area (Å²) in [5.41, 5.74) is 3.63.